The van der Waals surface area contributed by atoms with E-state index >= 15 is 0 Å². The third kappa shape index (κ3) is 2.28. The Balaban J connectivity index is 3.88. The Labute approximate surface area is 53.6 Å². The number of aliphatic hydroxyl groups is 1. The molecule has 0 saturated carbocycles. The lowest BCUT2D eigenvalue weighted by atomic mass is 10.1. The van der Waals surface area contributed by atoms with Crippen LogP contribution in [0.2, 0.25) is 0 Å². The van der Waals surface area contributed by atoms with Gasteiger partial charge in [-0.05, 0) is 5.57 Å². The minimum Gasteiger partial charge on any atom is -0.545 e. The molecule has 0 bridgehead atoms. The molecule has 0 radical (unpaired) electrons. The molecule has 0 aliphatic heterocycles. The number of aliphatic carboxylic acids is 1. The van der Waals surface area contributed by atoms with E-state index in [1.54, 1.807) is 6.92 Å². The molecule has 0 aromatic rings. The summed E-state index contributed by atoms with van der Waals surface area (Å²) in [5.41, 5.74) is -0.0579. The van der Waals surface area contributed by atoms with E-state index in [9.17, 15) is 9.90 Å². The topological polar surface area (TPSA) is 60.4 Å². The molecule has 0 aliphatic carbocycles. The van der Waals surface area contributed by atoms with Crippen molar-refractivity contribution in [2.24, 2.45) is 5.92 Å². The summed E-state index contributed by atoms with van der Waals surface area (Å²) in [7, 11) is 0. The van der Waals surface area contributed by atoms with E-state index in [2.05, 4.69) is 6.58 Å². The number of carboxylic acids is 1. The van der Waals surface area contributed by atoms with Gasteiger partial charge in [-0.2, -0.15) is 0 Å². The highest BCUT2D eigenvalue weighted by Gasteiger charge is 2.04. The summed E-state index contributed by atoms with van der Waals surface area (Å²) >= 11 is 0. The maximum Gasteiger partial charge on any atom is 0.0672 e. The minimum absolute atomic E-state index is 0.0579. The van der Waals surface area contributed by atoms with E-state index in [1.807, 2.05) is 0 Å². The summed E-state index contributed by atoms with van der Waals surface area (Å²) in [5, 5.41) is 18.4. The van der Waals surface area contributed by atoms with Gasteiger partial charge in [-0.25, -0.2) is 0 Å². The van der Waals surface area contributed by atoms with E-state index < -0.39 is 11.9 Å². The molecule has 1 atom stereocenters. The Kier molecular flexibility index (Phi) is 2.95. The lowest BCUT2D eigenvalue weighted by Gasteiger charge is -2.11. The third-order valence-electron chi connectivity index (χ3n) is 1.13. The van der Waals surface area contributed by atoms with Crippen LogP contribution in [0, 0.1) is 5.92 Å². The number of aliphatic hydroxyl groups excluding tert-OH is 1. The first-order valence-corrected chi connectivity index (χ1v) is 2.60. The second kappa shape index (κ2) is 3.25. The van der Waals surface area contributed by atoms with Gasteiger partial charge >= 0.3 is 0 Å². The molecule has 0 spiro atoms. The average Bonchev–Trinajstić information content (AvgIpc) is 1.84. The van der Waals surface area contributed by atoms with Crippen LogP contribution in [-0.2, 0) is 4.79 Å². The second-order valence-corrected chi connectivity index (χ2v) is 1.90. The van der Waals surface area contributed by atoms with Gasteiger partial charge in [0.1, 0.15) is 0 Å². The van der Waals surface area contributed by atoms with Gasteiger partial charge in [0.2, 0.25) is 0 Å². The van der Waals surface area contributed by atoms with Gasteiger partial charge < -0.3 is 15.0 Å². The normalized spacial score (nSPS) is 12.7. The van der Waals surface area contributed by atoms with Crippen molar-refractivity contribution in [2.45, 2.75) is 6.92 Å². The Bertz CT molecular complexity index is 128. The van der Waals surface area contributed by atoms with Gasteiger partial charge in [0.15, 0.2) is 0 Å². The van der Waals surface area contributed by atoms with Crippen molar-refractivity contribution in [1.82, 2.24) is 0 Å². The highest BCUT2D eigenvalue weighted by molar-refractivity contribution is 5.84. The minimum atomic E-state index is -1.29. The van der Waals surface area contributed by atoms with Crippen molar-refractivity contribution in [3.05, 3.63) is 12.2 Å². The largest absolute Gasteiger partial charge is 0.545 e. The van der Waals surface area contributed by atoms with Crippen LogP contribution in [0.25, 0.3) is 0 Å². The lowest BCUT2D eigenvalue weighted by Crippen LogP contribution is -2.27. The number of hydrogen-bond acceptors (Lipinski definition) is 3. The van der Waals surface area contributed by atoms with Crippen LogP contribution in [0.1, 0.15) is 6.92 Å². The summed E-state index contributed by atoms with van der Waals surface area (Å²) in [6.07, 6.45) is 0. The summed E-state index contributed by atoms with van der Waals surface area (Å²) in [6.45, 7) is 4.57. The molecule has 0 aromatic heterocycles. The molecular weight excluding hydrogens is 120 g/mol. The zero-order chi connectivity index (χ0) is 7.44. The smallest absolute Gasteiger partial charge is 0.0672 e. The monoisotopic (exact) mass is 129 g/mol. The van der Waals surface area contributed by atoms with Gasteiger partial charge in [-0.1, -0.05) is 13.5 Å². The van der Waals surface area contributed by atoms with E-state index in [0.717, 1.165) is 0 Å². The van der Waals surface area contributed by atoms with Crippen LogP contribution in [0.4, 0.5) is 0 Å². The predicted octanol–water partition coefficient (Wildman–Crippen LogP) is -1.08. The van der Waals surface area contributed by atoms with Crippen LogP contribution < -0.4 is 5.11 Å². The Morgan fingerprint density at radius 1 is 1.89 bits per heavy atom. The number of carbonyl (C=O) groups excluding carboxylic acids is 1. The molecule has 0 amide bonds. The zero-order valence-corrected chi connectivity index (χ0v) is 5.26. The van der Waals surface area contributed by atoms with Crippen molar-refractivity contribution in [3.63, 3.8) is 0 Å². The van der Waals surface area contributed by atoms with E-state index in [4.69, 9.17) is 5.11 Å². The first-order chi connectivity index (χ1) is 4.09. The van der Waals surface area contributed by atoms with Crippen molar-refractivity contribution < 1.29 is 15.0 Å². The molecule has 9 heavy (non-hydrogen) atoms. The van der Waals surface area contributed by atoms with Crippen LogP contribution >= 0.6 is 0 Å². The van der Waals surface area contributed by atoms with Crippen molar-refractivity contribution in [1.29, 1.82) is 0 Å². The van der Waals surface area contributed by atoms with Crippen molar-refractivity contribution in [2.75, 3.05) is 6.61 Å². The quantitative estimate of drug-likeness (QED) is 0.493. The first-order valence-electron chi connectivity index (χ1n) is 2.60. The van der Waals surface area contributed by atoms with E-state index in [0.29, 0.717) is 0 Å². The summed E-state index contributed by atoms with van der Waals surface area (Å²) < 4.78 is 0. The molecule has 0 aliphatic rings. The van der Waals surface area contributed by atoms with Crippen LogP contribution in [0.5, 0.6) is 0 Å². The average molecular weight is 129 g/mol. The molecule has 3 heteroatoms. The molecule has 3 nitrogen and oxygen atoms in total. The highest BCUT2D eigenvalue weighted by Crippen LogP contribution is 2.04. The van der Waals surface area contributed by atoms with Gasteiger partial charge in [-0.3, -0.25) is 0 Å². The SMILES string of the molecule is C=C(C(=O)[O-])C(C)CO. The summed E-state index contributed by atoms with van der Waals surface area (Å²) in [5.74, 6) is -1.70. The molecule has 0 heterocycles. The second-order valence-electron chi connectivity index (χ2n) is 1.90. The van der Waals surface area contributed by atoms with Gasteiger partial charge in [0.25, 0.3) is 0 Å². The van der Waals surface area contributed by atoms with Crippen molar-refractivity contribution in [3.8, 4) is 0 Å². The molecule has 1 N–H and O–H groups in total. The van der Waals surface area contributed by atoms with E-state index in [1.165, 1.54) is 0 Å². The molecule has 1 unspecified atom stereocenters. The summed E-state index contributed by atoms with van der Waals surface area (Å²) in [4.78, 5) is 9.98. The Morgan fingerprint density at radius 3 is 2.44 bits per heavy atom. The number of rotatable bonds is 3. The summed E-state index contributed by atoms with van der Waals surface area (Å²) in [6, 6.07) is 0. The fourth-order valence-electron chi connectivity index (χ4n) is 0.311. The van der Waals surface area contributed by atoms with Gasteiger partial charge in [0, 0.05) is 12.5 Å². The Hall–Kier alpha value is -0.830. The Morgan fingerprint density at radius 2 is 2.33 bits per heavy atom. The standard InChI is InChI=1S/C6H10O3/c1-4(3-7)5(2)6(8)9/h4,7H,2-3H2,1H3,(H,8,9)/p-1. The first kappa shape index (κ1) is 8.17. The molecule has 0 saturated heterocycles. The fraction of sp³-hybridized carbons (Fsp3) is 0.500. The fourth-order valence-corrected chi connectivity index (χ4v) is 0.311. The van der Waals surface area contributed by atoms with Crippen LogP contribution in [0.3, 0.4) is 0 Å². The van der Waals surface area contributed by atoms with Crippen LogP contribution in [0.15, 0.2) is 12.2 Å². The maximum atomic E-state index is 9.98. The zero-order valence-electron chi connectivity index (χ0n) is 5.26. The number of carbonyl (C=O) groups is 1. The highest BCUT2D eigenvalue weighted by atomic mass is 16.4. The van der Waals surface area contributed by atoms with E-state index in [-0.39, 0.29) is 12.2 Å². The molecular formula is C6H9O3-. The van der Waals surface area contributed by atoms with Crippen molar-refractivity contribution >= 4 is 5.97 Å². The maximum absolute atomic E-state index is 9.98. The predicted molar refractivity (Wildman–Crippen MR) is 30.4 cm³/mol. The van der Waals surface area contributed by atoms with Gasteiger partial charge in [-0.15, -0.1) is 0 Å². The number of carboxylic acid groups (broad SMARTS) is 1. The third-order valence-corrected chi connectivity index (χ3v) is 1.13. The number of hydrogen-bond donors (Lipinski definition) is 1. The lowest BCUT2D eigenvalue weighted by molar-refractivity contribution is -0.300. The van der Waals surface area contributed by atoms with Gasteiger partial charge in [0.05, 0.1) is 5.97 Å². The molecule has 0 aromatic carbocycles. The van der Waals surface area contributed by atoms with Crippen LogP contribution in [-0.4, -0.2) is 17.7 Å². The molecule has 0 fully saturated rings. The molecule has 52 valence electrons. The molecule has 0 rings (SSSR count).